The normalized spacial score (nSPS) is 16.6. The summed E-state index contributed by atoms with van der Waals surface area (Å²) in [5.41, 5.74) is 1.79. The van der Waals surface area contributed by atoms with Crippen molar-refractivity contribution < 1.29 is 14.3 Å². The van der Waals surface area contributed by atoms with E-state index in [-0.39, 0.29) is 5.60 Å². The van der Waals surface area contributed by atoms with Gasteiger partial charge in [0.2, 0.25) is 0 Å². The van der Waals surface area contributed by atoms with Gasteiger partial charge in [0.05, 0.1) is 5.60 Å². The minimum absolute atomic E-state index is 0.335. The van der Waals surface area contributed by atoms with Crippen molar-refractivity contribution in [2.24, 2.45) is 0 Å². The van der Waals surface area contributed by atoms with Gasteiger partial charge in [-0.1, -0.05) is 29.8 Å². The van der Waals surface area contributed by atoms with Gasteiger partial charge < -0.3 is 15.4 Å². The summed E-state index contributed by atoms with van der Waals surface area (Å²) in [4.78, 5) is 23.8. The maximum atomic E-state index is 11.9. The molecule has 1 aromatic rings. The van der Waals surface area contributed by atoms with E-state index in [1.807, 2.05) is 43.0 Å². The lowest BCUT2D eigenvalue weighted by molar-refractivity contribution is -0.140. The summed E-state index contributed by atoms with van der Waals surface area (Å²) in [7, 11) is 1.67. The van der Waals surface area contributed by atoms with Crippen LogP contribution in [-0.4, -0.2) is 42.6 Å². The highest BCUT2D eigenvalue weighted by molar-refractivity contribution is 7.99. The Hall–Kier alpha value is -1.53. The molecular weight excluding hydrogens is 312 g/mol. The Bertz CT molecular complexity index is 539. The van der Waals surface area contributed by atoms with Crippen molar-refractivity contribution >= 4 is 23.6 Å². The van der Waals surface area contributed by atoms with Crippen molar-refractivity contribution in [3.63, 3.8) is 0 Å². The molecule has 0 unspecified atom stereocenters. The maximum absolute atomic E-state index is 11.9. The zero-order valence-electron chi connectivity index (χ0n) is 13.7. The SMILES string of the molecule is COC1(CNC(=O)C(=O)NCc2ccc(C)cc2)CCSCC1. The molecule has 0 aromatic heterocycles. The third kappa shape index (κ3) is 5.25. The fourth-order valence-electron chi connectivity index (χ4n) is 2.49. The lowest BCUT2D eigenvalue weighted by atomic mass is 9.96. The number of carbonyl (C=O) groups excluding carboxylic acids is 2. The molecule has 0 spiro atoms. The van der Waals surface area contributed by atoms with Crippen LogP contribution in [0.5, 0.6) is 0 Å². The van der Waals surface area contributed by atoms with E-state index in [2.05, 4.69) is 10.6 Å². The second-order valence-corrected chi connectivity index (χ2v) is 7.08. The molecule has 6 heteroatoms. The molecule has 2 N–H and O–H groups in total. The van der Waals surface area contributed by atoms with Crippen LogP contribution in [0.4, 0.5) is 0 Å². The third-order valence-corrected chi connectivity index (χ3v) is 5.17. The van der Waals surface area contributed by atoms with Crippen molar-refractivity contribution in [2.75, 3.05) is 25.2 Å². The van der Waals surface area contributed by atoms with Crippen LogP contribution in [-0.2, 0) is 20.9 Å². The Kier molecular flexibility index (Phi) is 6.47. The van der Waals surface area contributed by atoms with Gasteiger partial charge in [-0.15, -0.1) is 0 Å². The molecule has 126 valence electrons. The molecule has 1 aromatic carbocycles. The number of amides is 2. The van der Waals surface area contributed by atoms with Crippen LogP contribution in [0.3, 0.4) is 0 Å². The van der Waals surface area contributed by atoms with Gasteiger partial charge in [0.1, 0.15) is 0 Å². The van der Waals surface area contributed by atoms with E-state index in [4.69, 9.17) is 4.74 Å². The number of aryl methyl sites for hydroxylation is 1. The standard InChI is InChI=1S/C17H24N2O3S/c1-13-3-5-14(6-4-13)11-18-15(20)16(21)19-12-17(22-2)7-9-23-10-8-17/h3-6H,7-12H2,1-2H3,(H,18,20)(H,19,21). The molecule has 1 aliphatic heterocycles. The summed E-state index contributed by atoms with van der Waals surface area (Å²) in [6.45, 7) is 2.73. The molecule has 2 amide bonds. The second-order valence-electron chi connectivity index (χ2n) is 5.85. The smallest absolute Gasteiger partial charge is 0.309 e. The van der Waals surface area contributed by atoms with E-state index in [0.29, 0.717) is 13.1 Å². The molecule has 0 aliphatic carbocycles. The van der Waals surface area contributed by atoms with Crippen molar-refractivity contribution in [2.45, 2.75) is 31.9 Å². The zero-order chi connectivity index (χ0) is 16.7. The number of rotatable bonds is 5. The van der Waals surface area contributed by atoms with E-state index >= 15 is 0 Å². The van der Waals surface area contributed by atoms with Crippen LogP contribution in [0.15, 0.2) is 24.3 Å². The number of ether oxygens (including phenoxy) is 1. The number of carbonyl (C=O) groups is 2. The molecular formula is C17H24N2O3S. The van der Waals surface area contributed by atoms with Gasteiger partial charge in [0.15, 0.2) is 0 Å². The number of hydrogen-bond acceptors (Lipinski definition) is 4. The summed E-state index contributed by atoms with van der Waals surface area (Å²) >= 11 is 1.89. The van der Waals surface area contributed by atoms with Crippen molar-refractivity contribution in [1.82, 2.24) is 10.6 Å². The fourth-order valence-corrected chi connectivity index (χ4v) is 3.72. The number of hydrogen-bond donors (Lipinski definition) is 2. The van der Waals surface area contributed by atoms with E-state index in [9.17, 15) is 9.59 Å². The molecule has 23 heavy (non-hydrogen) atoms. The number of thioether (sulfide) groups is 1. The first-order chi connectivity index (χ1) is 11.0. The molecule has 0 bridgehead atoms. The Morgan fingerprint density at radius 1 is 1.13 bits per heavy atom. The largest absolute Gasteiger partial charge is 0.376 e. The number of benzene rings is 1. The van der Waals surface area contributed by atoms with E-state index in [1.165, 1.54) is 0 Å². The zero-order valence-corrected chi connectivity index (χ0v) is 14.5. The first kappa shape index (κ1) is 17.8. The first-order valence-corrected chi connectivity index (χ1v) is 8.95. The molecule has 2 rings (SSSR count). The Morgan fingerprint density at radius 2 is 1.74 bits per heavy atom. The fraction of sp³-hybridized carbons (Fsp3) is 0.529. The summed E-state index contributed by atoms with van der Waals surface area (Å²) in [5, 5.41) is 5.34. The van der Waals surface area contributed by atoms with Crippen LogP contribution in [0, 0.1) is 6.92 Å². The minimum Gasteiger partial charge on any atom is -0.376 e. The average molecular weight is 336 g/mol. The Labute approximate surface area is 141 Å². The van der Waals surface area contributed by atoms with Crippen LogP contribution in [0.2, 0.25) is 0 Å². The second kappa shape index (κ2) is 8.36. The van der Waals surface area contributed by atoms with Crippen molar-refractivity contribution in [3.05, 3.63) is 35.4 Å². The highest BCUT2D eigenvalue weighted by Gasteiger charge is 2.33. The summed E-state index contributed by atoms with van der Waals surface area (Å²) in [6.07, 6.45) is 1.78. The summed E-state index contributed by atoms with van der Waals surface area (Å²) < 4.78 is 5.59. The molecule has 0 atom stereocenters. The first-order valence-electron chi connectivity index (χ1n) is 7.79. The molecule has 1 saturated heterocycles. The van der Waals surface area contributed by atoms with Gasteiger partial charge >= 0.3 is 11.8 Å². The van der Waals surface area contributed by atoms with Gasteiger partial charge in [-0.3, -0.25) is 9.59 Å². The van der Waals surface area contributed by atoms with Crippen LogP contribution >= 0.6 is 11.8 Å². The number of nitrogens with one attached hydrogen (secondary N) is 2. The predicted molar refractivity (Wildman–Crippen MR) is 92.3 cm³/mol. The van der Waals surface area contributed by atoms with E-state index in [1.54, 1.807) is 7.11 Å². The minimum atomic E-state index is -0.609. The van der Waals surface area contributed by atoms with E-state index < -0.39 is 11.8 Å². The molecule has 1 fully saturated rings. The summed E-state index contributed by atoms with van der Waals surface area (Å²) in [6, 6.07) is 7.83. The van der Waals surface area contributed by atoms with Gasteiger partial charge in [0, 0.05) is 20.2 Å². The topological polar surface area (TPSA) is 67.4 Å². The highest BCUT2D eigenvalue weighted by Crippen LogP contribution is 2.29. The average Bonchev–Trinajstić information content (AvgIpc) is 2.59. The quantitative estimate of drug-likeness (QED) is 0.802. The van der Waals surface area contributed by atoms with Gasteiger partial charge in [-0.2, -0.15) is 11.8 Å². The van der Waals surface area contributed by atoms with Crippen LogP contribution < -0.4 is 10.6 Å². The van der Waals surface area contributed by atoms with Crippen molar-refractivity contribution in [3.8, 4) is 0 Å². The Balaban J connectivity index is 1.78. The molecule has 0 saturated carbocycles. The van der Waals surface area contributed by atoms with Gasteiger partial charge in [-0.05, 0) is 36.8 Å². The maximum Gasteiger partial charge on any atom is 0.309 e. The third-order valence-electron chi connectivity index (χ3n) is 4.19. The van der Waals surface area contributed by atoms with E-state index in [0.717, 1.165) is 35.5 Å². The van der Waals surface area contributed by atoms with Gasteiger partial charge in [-0.25, -0.2) is 0 Å². The Morgan fingerprint density at radius 3 is 2.35 bits per heavy atom. The van der Waals surface area contributed by atoms with Gasteiger partial charge in [0.25, 0.3) is 0 Å². The molecule has 1 heterocycles. The van der Waals surface area contributed by atoms with Crippen LogP contribution in [0.1, 0.15) is 24.0 Å². The summed E-state index contributed by atoms with van der Waals surface area (Å²) in [5.74, 6) is 0.820. The molecule has 0 radical (unpaired) electrons. The predicted octanol–water partition coefficient (Wildman–Crippen LogP) is 1.64. The monoisotopic (exact) mass is 336 g/mol. The van der Waals surface area contributed by atoms with Crippen LogP contribution in [0.25, 0.3) is 0 Å². The lowest BCUT2D eigenvalue weighted by Crippen LogP contribution is -2.50. The number of methoxy groups -OCH3 is 1. The highest BCUT2D eigenvalue weighted by atomic mass is 32.2. The molecule has 1 aliphatic rings. The van der Waals surface area contributed by atoms with Crippen molar-refractivity contribution in [1.29, 1.82) is 0 Å². The molecule has 5 nitrogen and oxygen atoms in total. The lowest BCUT2D eigenvalue weighted by Gasteiger charge is -2.35.